The number of rotatable bonds is 3. The molecule has 14 heavy (non-hydrogen) atoms. The van der Waals surface area contributed by atoms with Crippen LogP contribution in [0.3, 0.4) is 0 Å². The summed E-state index contributed by atoms with van der Waals surface area (Å²) >= 11 is 1.51. The molecule has 0 saturated carbocycles. The third kappa shape index (κ3) is 2.51. The highest BCUT2D eigenvalue weighted by molar-refractivity contribution is 8.01. The fraction of sp³-hybridized carbons (Fsp3) is 0.364. The minimum absolute atomic E-state index is 0.286. The van der Waals surface area contributed by atoms with Crippen molar-refractivity contribution in [3.8, 4) is 0 Å². The molecule has 0 fully saturated rings. The number of primary amides is 1. The molecule has 0 radical (unpaired) electrons. The molecule has 76 valence electrons. The molecular weight excluding hydrogens is 194 g/mol. The number of amides is 1. The second-order valence-corrected chi connectivity index (χ2v) is 5.41. The van der Waals surface area contributed by atoms with Crippen LogP contribution in [0.2, 0.25) is 0 Å². The first-order valence-electron chi connectivity index (χ1n) is 4.48. The van der Waals surface area contributed by atoms with E-state index in [1.54, 1.807) is 0 Å². The lowest BCUT2D eigenvalue weighted by molar-refractivity contribution is -0.119. The summed E-state index contributed by atoms with van der Waals surface area (Å²) in [6.07, 6.45) is 0. The zero-order chi connectivity index (χ0) is 10.8. The van der Waals surface area contributed by atoms with Crippen molar-refractivity contribution in [2.75, 3.05) is 0 Å². The van der Waals surface area contributed by atoms with E-state index in [4.69, 9.17) is 5.73 Å². The van der Waals surface area contributed by atoms with E-state index < -0.39 is 4.75 Å². The topological polar surface area (TPSA) is 43.1 Å². The molecule has 0 spiro atoms. The molecule has 1 amide bonds. The minimum atomic E-state index is -0.549. The van der Waals surface area contributed by atoms with Gasteiger partial charge in [0.2, 0.25) is 5.91 Å². The third-order valence-electron chi connectivity index (χ3n) is 2.05. The summed E-state index contributed by atoms with van der Waals surface area (Å²) in [6, 6.07) is 7.98. The van der Waals surface area contributed by atoms with Gasteiger partial charge >= 0.3 is 0 Å². The van der Waals surface area contributed by atoms with E-state index in [0.717, 1.165) is 4.90 Å². The van der Waals surface area contributed by atoms with Crippen molar-refractivity contribution in [1.29, 1.82) is 0 Å². The first kappa shape index (κ1) is 11.1. The Hall–Kier alpha value is -0.960. The average molecular weight is 209 g/mol. The van der Waals surface area contributed by atoms with Crippen molar-refractivity contribution in [1.82, 2.24) is 0 Å². The normalized spacial score (nSPS) is 11.4. The van der Waals surface area contributed by atoms with E-state index in [-0.39, 0.29) is 5.91 Å². The van der Waals surface area contributed by atoms with Crippen molar-refractivity contribution < 1.29 is 4.79 Å². The lowest BCUT2D eigenvalue weighted by atomic mass is 10.2. The maximum absolute atomic E-state index is 11.1. The van der Waals surface area contributed by atoms with Crippen molar-refractivity contribution in [2.45, 2.75) is 30.4 Å². The maximum Gasteiger partial charge on any atom is 0.233 e. The van der Waals surface area contributed by atoms with Gasteiger partial charge in [0.25, 0.3) is 0 Å². The van der Waals surface area contributed by atoms with Gasteiger partial charge in [-0.1, -0.05) is 18.2 Å². The van der Waals surface area contributed by atoms with Crippen molar-refractivity contribution >= 4 is 17.7 Å². The number of benzene rings is 1. The van der Waals surface area contributed by atoms with E-state index in [1.807, 2.05) is 45.0 Å². The van der Waals surface area contributed by atoms with Crippen LogP contribution >= 0.6 is 11.8 Å². The smallest absolute Gasteiger partial charge is 0.233 e. The Balaban J connectivity index is 2.89. The van der Waals surface area contributed by atoms with Crippen molar-refractivity contribution in [2.24, 2.45) is 5.73 Å². The molecule has 0 aliphatic carbocycles. The van der Waals surface area contributed by atoms with Gasteiger partial charge < -0.3 is 5.73 Å². The Kier molecular flexibility index (Phi) is 3.21. The molecule has 0 aromatic heterocycles. The third-order valence-corrected chi connectivity index (χ3v) is 3.44. The molecule has 1 rings (SSSR count). The van der Waals surface area contributed by atoms with Gasteiger partial charge in [-0.2, -0.15) is 0 Å². The standard InChI is InChI=1S/C11H15NOS/c1-8-6-4-5-7-9(8)14-11(2,3)10(12)13/h4-7H,1-3H3,(H2,12,13). The minimum Gasteiger partial charge on any atom is -0.368 e. The fourth-order valence-electron chi connectivity index (χ4n) is 0.996. The highest BCUT2D eigenvalue weighted by Gasteiger charge is 2.26. The molecule has 2 nitrogen and oxygen atoms in total. The molecule has 3 heteroatoms. The fourth-order valence-corrected chi connectivity index (χ4v) is 2.02. The summed E-state index contributed by atoms with van der Waals surface area (Å²) in [4.78, 5) is 12.2. The molecule has 0 heterocycles. The van der Waals surface area contributed by atoms with E-state index in [9.17, 15) is 4.79 Å². The summed E-state index contributed by atoms with van der Waals surface area (Å²) in [5.41, 5.74) is 6.48. The second kappa shape index (κ2) is 4.05. The molecule has 0 saturated heterocycles. The summed E-state index contributed by atoms with van der Waals surface area (Å²) < 4.78 is -0.549. The van der Waals surface area contributed by atoms with Gasteiger partial charge in [0.1, 0.15) is 0 Å². The Labute approximate surface area is 88.9 Å². The number of nitrogens with two attached hydrogens (primary N) is 1. The SMILES string of the molecule is Cc1ccccc1SC(C)(C)C(N)=O. The molecule has 1 aromatic rings. The van der Waals surface area contributed by atoms with Gasteiger partial charge in [0.05, 0.1) is 4.75 Å². The van der Waals surface area contributed by atoms with Gasteiger partial charge in [-0.3, -0.25) is 4.79 Å². The van der Waals surface area contributed by atoms with Crippen LogP contribution < -0.4 is 5.73 Å². The Morgan fingerprint density at radius 3 is 2.43 bits per heavy atom. The lowest BCUT2D eigenvalue weighted by Crippen LogP contribution is -2.34. The van der Waals surface area contributed by atoms with Crippen LogP contribution in [0.4, 0.5) is 0 Å². The number of carbonyl (C=O) groups is 1. The van der Waals surface area contributed by atoms with Gasteiger partial charge in [0, 0.05) is 4.90 Å². The molecule has 0 bridgehead atoms. The largest absolute Gasteiger partial charge is 0.368 e. The zero-order valence-corrected chi connectivity index (χ0v) is 9.52. The van der Waals surface area contributed by atoms with Crippen LogP contribution in [0.5, 0.6) is 0 Å². The summed E-state index contributed by atoms with van der Waals surface area (Å²) in [5, 5.41) is 0. The molecule has 0 aliphatic rings. The van der Waals surface area contributed by atoms with Crippen LogP contribution in [0.25, 0.3) is 0 Å². The second-order valence-electron chi connectivity index (χ2n) is 3.74. The van der Waals surface area contributed by atoms with E-state index >= 15 is 0 Å². The lowest BCUT2D eigenvalue weighted by Gasteiger charge is -2.20. The van der Waals surface area contributed by atoms with Crippen LogP contribution in [0.1, 0.15) is 19.4 Å². The first-order chi connectivity index (χ1) is 6.43. The van der Waals surface area contributed by atoms with Gasteiger partial charge in [0.15, 0.2) is 0 Å². The van der Waals surface area contributed by atoms with Crippen molar-refractivity contribution in [3.05, 3.63) is 29.8 Å². The molecular formula is C11H15NOS. The maximum atomic E-state index is 11.1. The number of aryl methyl sites for hydroxylation is 1. The Bertz CT molecular complexity index is 347. The van der Waals surface area contributed by atoms with E-state index in [2.05, 4.69) is 0 Å². The highest BCUT2D eigenvalue weighted by atomic mass is 32.2. The molecule has 1 aromatic carbocycles. The van der Waals surface area contributed by atoms with Gasteiger partial charge in [-0.25, -0.2) is 0 Å². The summed E-state index contributed by atoms with van der Waals surface area (Å²) in [5.74, 6) is -0.286. The number of thioether (sulfide) groups is 1. The Morgan fingerprint density at radius 1 is 1.36 bits per heavy atom. The predicted octanol–water partition coefficient (Wildman–Crippen LogP) is 2.35. The number of hydrogen-bond donors (Lipinski definition) is 1. The van der Waals surface area contributed by atoms with Gasteiger partial charge in [-0.15, -0.1) is 11.8 Å². The number of carbonyl (C=O) groups excluding carboxylic acids is 1. The van der Waals surface area contributed by atoms with E-state index in [0.29, 0.717) is 0 Å². The van der Waals surface area contributed by atoms with Crippen molar-refractivity contribution in [3.63, 3.8) is 0 Å². The molecule has 0 unspecified atom stereocenters. The molecule has 0 atom stereocenters. The average Bonchev–Trinajstić information content (AvgIpc) is 2.08. The predicted molar refractivity (Wildman–Crippen MR) is 60.3 cm³/mol. The number of hydrogen-bond acceptors (Lipinski definition) is 2. The highest BCUT2D eigenvalue weighted by Crippen LogP contribution is 2.33. The van der Waals surface area contributed by atoms with Crippen LogP contribution in [-0.4, -0.2) is 10.7 Å². The van der Waals surface area contributed by atoms with Crippen LogP contribution in [0.15, 0.2) is 29.2 Å². The van der Waals surface area contributed by atoms with Gasteiger partial charge in [-0.05, 0) is 32.4 Å². The summed E-state index contributed by atoms with van der Waals surface area (Å²) in [7, 11) is 0. The monoisotopic (exact) mass is 209 g/mol. The quantitative estimate of drug-likeness (QED) is 0.776. The Morgan fingerprint density at radius 2 is 1.93 bits per heavy atom. The molecule has 2 N–H and O–H groups in total. The van der Waals surface area contributed by atoms with Crippen LogP contribution in [-0.2, 0) is 4.79 Å². The summed E-state index contributed by atoms with van der Waals surface area (Å²) in [6.45, 7) is 5.71. The zero-order valence-electron chi connectivity index (χ0n) is 8.70. The van der Waals surface area contributed by atoms with E-state index in [1.165, 1.54) is 17.3 Å². The molecule has 0 aliphatic heterocycles. The first-order valence-corrected chi connectivity index (χ1v) is 5.29. The van der Waals surface area contributed by atoms with Crippen LogP contribution in [0, 0.1) is 6.92 Å².